The molecule has 1 aliphatic rings. The second-order valence-electron chi connectivity index (χ2n) is 5.98. The van der Waals surface area contributed by atoms with E-state index in [2.05, 4.69) is 5.32 Å². The summed E-state index contributed by atoms with van der Waals surface area (Å²) >= 11 is 0. The first kappa shape index (κ1) is 17.5. The maximum atomic E-state index is 11.8. The lowest BCUT2D eigenvalue weighted by molar-refractivity contribution is -0.121. The topological polar surface area (TPSA) is 75.6 Å². The Labute approximate surface area is 137 Å². The standard InChI is InChI=1S/C18H25NO4/c20-17(19-12-3-13-23-16-4-1-2-5-16)11-8-14-6-9-15(10-7-14)18(21)22/h6-7,9-10,16H,1-5,8,11-13H2,(H,19,20)(H,21,22). The highest BCUT2D eigenvalue weighted by Gasteiger charge is 2.14. The summed E-state index contributed by atoms with van der Waals surface area (Å²) in [5.41, 5.74) is 1.23. The zero-order valence-corrected chi connectivity index (χ0v) is 13.4. The summed E-state index contributed by atoms with van der Waals surface area (Å²) in [6.45, 7) is 1.35. The van der Waals surface area contributed by atoms with Crippen LogP contribution in [-0.4, -0.2) is 36.2 Å². The van der Waals surface area contributed by atoms with Crippen LogP contribution in [0.3, 0.4) is 0 Å². The highest BCUT2D eigenvalue weighted by Crippen LogP contribution is 2.20. The van der Waals surface area contributed by atoms with Gasteiger partial charge in [-0.1, -0.05) is 25.0 Å². The molecule has 1 saturated carbocycles. The minimum atomic E-state index is -0.936. The summed E-state index contributed by atoms with van der Waals surface area (Å²) in [5.74, 6) is -0.915. The number of aryl methyl sites for hydroxylation is 1. The normalized spacial score (nSPS) is 14.8. The number of amides is 1. The number of carbonyl (C=O) groups is 2. The molecule has 0 bridgehead atoms. The Balaban J connectivity index is 1.54. The maximum absolute atomic E-state index is 11.8. The molecule has 2 rings (SSSR count). The minimum absolute atomic E-state index is 0.0215. The van der Waals surface area contributed by atoms with Gasteiger partial charge in [0.25, 0.3) is 0 Å². The van der Waals surface area contributed by atoms with Gasteiger partial charge in [0.15, 0.2) is 0 Å². The molecule has 0 atom stereocenters. The van der Waals surface area contributed by atoms with Crippen LogP contribution in [0.15, 0.2) is 24.3 Å². The molecule has 23 heavy (non-hydrogen) atoms. The molecule has 1 aromatic rings. The molecule has 0 spiro atoms. The predicted molar refractivity (Wildman–Crippen MR) is 87.6 cm³/mol. The molecule has 5 heteroatoms. The largest absolute Gasteiger partial charge is 0.478 e. The van der Waals surface area contributed by atoms with Crippen molar-refractivity contribution in [3.63, 3.8) is 0 Å². The lowest BCUT2D eigenvalue weighted by Gasteiger charge is -2.11. The Morgan fingerprint density at radius 3 is 2.52 bits per heavy atom. The average molecular weight is 319 g/mol. The zero-order chi connectivity index (χ0) is 16.5. The molecule has 5 nitrogen and oxygen atoms in total. The predicted octanol–water partition coefficient (Wildman–Crippen LogP) is 2.78. The van der Waals surface area contributed by atoms with Gasteiger partial charge >= 0.3 is 5.97 Å². The Kier molecular flexibility index (Phi) is 7.07. The number of carboxylic acid groups (broad SMARTS) is 1. The first-order valence-corrected chi connectivity index (χ1v) is 8.35. The van der Waals surface area contributed by atoms with Gasteiger partial charge in [-0.2, -0.15) is 0 Å². The molecule has 0 aliphatic heterocycles. The summed E-state index contributed by atoms with van der Waals surface area (Å²) in [7, 11) is 0. The van der Waals surface area contributed by atoms with Gasteiger partial charge in [-0.15, -0.1) is 0 Å². The van der Waals surface area contributed by atoms with E-state index < -0.39 is 5.97 Å². The van der Waals surface area contributed by atoms with E-state index in [1.165, 1.54) is 25.7 Å². The van der Waals surface area contributed by atoms with Crippen molar-refractivity contribution >= 4 is 11.9 Å². The molecule has 126 valence electrons. The molecule has 0 heterocycles. The molecular formula is C18H25NO4. The van der Waals surface area contributed by atoms with Gasteiger partial charge in [-0.25, -0.2) is 4.79 Å². The van der Waals surface area contributed by atoms with Crippen molar-refractivity contribution in [3.8, 4) is 0 Å². The molecule has 0 aromatic heterocycles. The number of hydrogen-bond acceptors (Lipinski definition) is 3. The summed E-state index contributed by atoms with van der Waals surface area (Å²) in [4.78, 5) is 22.5. The van der Waals surface area contributed by atoms with Crippen molar-refractivity contribution in [2.45, 2.75) is 51.0 Å². The van der Waals surface area contributed by atoms with Gasteiger partial charge in [0, 0.05) is 19.6 Å². The van der Waals surface area contributed by atoms with Crippen molar-refractivity contribution in [1.82, 2.24) is 5.32 Å². The van der Waals surface area contributed by atoms with Crippen LogP contribution in [0.4, 0.5) is 0 Å². The SMILES string of the molecule is O=C(CCc1ccc(C(=O)O)cc1)NCCCOC1CCCC1. The Hall–Kier alpha value is -1.88. The van der Waals surface area contributed by atoms with E-state index in [1.807, 2.05) is 0 Å². The van der Waals surface area contributed by atoms with Crippen LogP contribution >= 0.6 is 0 Å². The van der Waals surface area contributed by atoms with Gasteiger partial charge < -0.3 is 15.2 Å². The van der Waals surface area contributed by atoms with E-state index in [0.717, 1.165) is 12.0 Å². The molecule has 1 amide bonds. The van der Waals surface area contributed by atoms with E-state index in [0.29, 0.717) is 32.1 Å². The number of hydrogen-bond donors (Lipinski definition) is 2. The van der Waals surface area contributed by atoms with E-state index in [-0.39, 0.29) is 11.5 Å². The third-order valence-corrected chi connectivity index (χ3v) is 4.14. The molecule has 1 fully saturated rings. The zero-order valence-electron chi connectivity index (χ0n) is 13.4. The monoisotopic (exact) mass is 319 g/mol. The van der Waals surface area contributed by atoms with Crippen molar-refractivity contribution in [2.75, 3.05) is 13.2 Å². The minimum Gasteiger partial charge on any atom is -0.478 e. The van der Waals surface area contributed by atoms with Crippen molar-refractivity contribution in [1.29, 1.82) is 0 Å². The number of rotatable bonds is 9. The van der Waals surface area contributed by atoms with Gasteiger partial charge in [-0.05, 0) is 43.4 Å². The second kappa shape index (κ2) is 9.30. The number of aromatic carboxylic acids is 1. The Bertz CT molecular complexity index is 506. The highest BCUT2D eigenvalue weighted by molar-refractivity contribution is 5.87. The number of benzene rings is 1. The van der Waals surface area contributed by atoms with Crippen molar-refractivity contribution in [2.24, 2.45) is 0 Å². The summed E-state index contributed by atoms with van der Waals surface area (Å²) in [6.07, 6.45) is 7.19. The van der Waals surface area contributed by atoms with Gasteiger partial charge in [0.1, 0.15) is 0 Å². The van der Waals surface area contributed by atoms with Gasteiger partial charge in [-0.3, -0.25) is 4.79 Å². The lowest BCUT2D eigenvalue weighted by atomic mass is 10.1. The Morgan fingerprint density at radius 1 is 1.17 bits per heavy atom. The van der Waals surface area contributed by atoms with Crippen LogP contribution in [0.1, 0.15) is 54.4 Å². The van der Waals surface area contributed by atoms with Crippen LogP contribution in [0.2, 0.25) is 0 Å². The fourth-order valence-electron chi connectivity index (χ4n) is 2.77. The molecule has 0 radical (unpaired) electrons. The molecule has 2 N–H and O–H groups in total. The quantitative estimate of drug-likeness (QED) is 0.686. The third-order valence-electron chi connectivity index (χ3n) is 4.14. The fraction of sp³-hybridized carbons (Fsp3) is 0.556. The van der Waals surface area contributed by atoms with E-state index >= 15 is 0 Å². The van der Waals surface area contributed by atoms with Crippen LogP contribution in [0, 0.1) is 0 Å². The van der Waals surface area contributed by atoms with Crippen LogP contribution in [0.25, 0.3) is 0 Å². The maximum Gasteiger partial charge on any atom is 0.335 e. The summed E-state index contributed by atoms with van der Waals surface area (Å²) < 4.78 is 5.75. The van der Waals surface area contributed by atoms with Gasteiger partial charge in [0.2, 0.25) is 5.91 Å². The smallest absolute Gasteiger partial charge is 0.335 e. The van der Waals surface area contributed by atoms with Crippen LogP contribution in [0.5, 0.6) is 0 Å². The lowest BCUT2D eigenvalue weighted by Crippen LogP contribution is -2.25. The number of carbonyl (C=O) groups excluding carboxylic acids is 1. The molecular weight excluding hydrogens is 294 g/mol. The number of carboxylic acids is 1. The van der Waals surface area contributed by atoms with E-state index in [4.69, 9.17) is 9.84 Å². The second-order valence-corrected chi connectivity index (χ2v) is 5.98. The summed E-state index contributed by atoms with van der Waals surface area (Å²) in [5, 5.41) is 11.7. The van der Waals surface area contributed by atoms with E-state index in [9.17, 15) is 9.59 Å². The van der Waals surface area contributed by atoms with Crippen LogP contribution < -0.4 is 5.32 Å². The average Bonchev–Trinajstić information content (AvgIpc) is 3.06. The first-order valence-electron chi connectivity index (χ1n) is 8.35. The molecule has 0 unspecified atom stereocenters. The molecule has 0 saturated heterocycles. The van der Waals surface area contributed by atoms with Crippen molar-refractivity contribution < 1.29 is 19.4 Å². The number of nitrogens with one attached hydrogen (secondary N) is 1. The van der Waals surface area contributed by atoms with Crippen molar-refractivity contribution in [3.05, 3.63) is 35.4 Å². The third kappa shape index (κ3) is 6.40. The van der Waals surface area contributed by atoms with Crippen LogP contribution in [-0.2, 0) is 16.0 Å². The van der Waals surface area contributed by atoms with Gasteiger partial charge in [0.05, 0.1) is 11.7 Å². The summed E-state index contributed by atoms with van der Waals surface area (Å²) in [6, 6.07) is 6.64. The fourth-order valence-corrected chi connectivity index (χ4v) is 2.77. The number of ether oxygens (including phenoxy) is 1. The van der Waals surface area contributed by atoms with E-state index in [1.54, 1.807) is 24.3 Å². The first-order chi connectivity index (χ1) is 11.1. The Morgan fingerprint density at radius 2 is 1.87 bits per heavy atom. The highest BCUT2D eigenvalue weighted by atomic mass is 16.5. The molecule has 1 aromatic carbocycles. The molecule has 1 aliphatic carbocycles.